The number of para-hydroxylation sites is 1. The minimum Gasteiger partial charge on any atom is -0.384 e. The van der Waals surface area contributed by atoms with Gasteiger partial charge in [0, 0.05) is 41.5 Å². The van der Waals surface area contributed by atoms with Crippen LogP contribution in [0.2, 0.25) is 0 Å². The van der Waals surface area contributed by atoms with E-state index in [1.54, 1.807) is 22.7 Å². The van der Waals surface area contributed by atoms with Gasteiger partial charge < -0.3 is 15.3 Å². The summed E-state index contributed by atoms with van der Waals surface area (Å²) in [5.41, 5.74) is 2.08. The van der Waals surface area contributed by atoms with Crippen LogP contribution in [0.3, 0.4) is 0 Å². The molecule has 0 bridgehead atoms. The summed E-state index contributed by atoms with van der Waals surface area (Å²) in [5, 5.41) is 15.7. The zero-order valence-electron chi connectivity index (χ0n) is 14.4. The summed E-state index contributed by atoms with van der Waals surface area (Å²) in [6, 6.07) is 10.9. The predicted octanol–water partition coefficient (Wildman–Crippen LogP) is 3.46. The third kappa shape index (κ3) is 4.08. The van der Waals surface area contributed by atoms with E-state index in [0.29, 0.717) is 6.04 Å². The Hall–Kier alpha value is -1.91. The van der Waals surface area contributed by atoms with Crippen molar-refractivity contribution in [1.29, 1.82) is 0 Å². The van der Waals surface area contributed by atoms with Gasteiger partial charge in [0.15, 0.2) is 5.13 Å². The second-order valence-electron chi connectivity index (χ2n) is 6.39. The topological polar surface area (TPSA) is 48.4 Å². The van der Waals surface area contributed by atoms with E-state index in [1.807, 2.05) is 11.4 Å². The molecule has 134 valence electrons. The molecule has 2 aromatic heterocycles. The van der Waals surface area contributed by atoms with Crippen LogP contribution in [0.15, 0.2) is 35.7 Å². The lowest BCUT2D eigenvalue weighted by Crippen LogP contribution is -2.45. The molecule has 0 aliphatic carbocycles. The number of nitrogens with zero attached hydrogens (tertiary/aromatic N) is 2. The summed E-state index contributed by atoms with van der Waals surface area (Å²) in [6.07, 6.45) is 2.38. The molecule has 6 heteroatoms. The number of thiophene rings is 1. The molecule has 1 aliphatic heterocycles. The zero-order valence-corrected chi connectivity index (χ0v) is 16.1. The van der Waals surface area contributed by atoms with Gasteiger partial charge in [-0.1, -0.05) is 35.3 Å². The average Bonchev–Trinajstić information content (AvgIpc) is 3.31. The number of aromatic nitrogens is 1. The first-order chi connectivity index (χ1) is 12.8. The summed E-state index contributed by atoms with van der Waals surface area (Å²) < 4.78 is 1.26. The van der Waals surface area contributed by atoms with E-state index in [4.69, 9.17) is 10.1 Å². The number of nitrogens with one attached hydrogen (secondary N) is 1. The van der Waals surface area contributed by atoms with Gasteiger partial charge in [0.2, 0.25) is 0 Å². The van der Waals surface area contributed by atoms with Crippen molar-refractivity contribution in [2.24, 2.45) is 0 Å². The van der Waals surface area contributed by atoms with Crippen molar-refractivity contribution in [3.63, 3.8) is 0 Å². The molecule has 1 saturated heterocycles. The number of anilines is 1. The van der Waals surface area contributed by atoms with E-state index in [-0.39, 0.29) is 6.61 Å². The molecule has 0 amide bonds. The molecule has 1 atom stereocenters. The van der Waals surface area contributed by atoms with Gasteiger partial charge in [-0.3, -0.25) is 0 Å². The van der Waals surface area contributed by atoms with Crippen molar-refractivity contribution >= 4 is 38.0 Å². The molecule has 4 rings (SSSR count). The van der Waals surface area contributed by atoms with E-state index < -0.39 is 0 Å². The first-order valence-electron chi connectivity index (χ1n) is 8.83. The van der Waals surface area contributed by atoms with Crippen molar-refractivity contribution in [1.82, 2.24) is 10.3 Å². The zero-order chi connectivity index (χ0) is 17.8. The van der Waals surface area contributed by atoms with Gasteiger partial charge in [0.05, 0.1) is 10.2 Å². The minimum absolute atomic E-state index is 0.0902. The van der Waals surface area contributed by atoms with Crippen LogP contribution in [0.1, 0.15) is 23.3 Å². The number of benzene rings is 1. The molecule has 0 saturated carbocycles. The molecule has 0 spiro atoms. The quantitative estimate of drug-likeness (QED) is 0.678. The normalized spacial score (nSPS) is 17.3. The number of aliphatic hydroxyl groups excluding tert-OH is 1. The highest BCUT2D eigenvalue weighted by atomic mass is 32.1. The Morgan fingerprint density at radius 3 is 3.15 bits per heavy atom. The van der Waals surface area contributed by atoms with E-state index in [9.17, 15) is 0 Å². The highest BCUT2D eigenvalue weighted by Crippen LogP contribution is 2.30. The van der Waals surface area contributed by atoms with Crippen molar-refractivity contribution in [2.75, 3.05) is 24.6 Å². The first-order valence-corrected chi connectivity index (χ1v) is 10.5. The fraction of sp³-hybridized carbons (Fsp3) is 0.350. The van der Waals surface area contributed by atoms with E-state index in [1.165, 1.54) is 22.4 Å². The lowest BCUT2D eigenvalue weighted by molar-refractivity contribution is 0.350. The van der Waals surface area contributed by atoms with Crippen LogP contribution in [0.4, 0.5) is 5.13 Å². The van der Waals surface area contributed by atoms with Crippen molar-refractivity contribution in [2.45, 2.75) is 25.4 Å². The Morgan fingerprint density at radius 2 is 2.27 bits per heavy atom. The maximum Gasteiger partial charge on any atom is 0.186 e. The highest BCUT2D eigenvalue weighted by molar-refractivity contribution is 7.22. The lowest BCUT2D eigenvalue weighted by Gasteiger charge is -2.33. The molecule has 1 unspecified atom stereocenters. The maximum atomic E-state index is 8.78. The number of piperidine rings is 1. The fourth-order valence-electron chi connectivity index (χ4n) is 3.24. The van der Waals surface area contributed by atoms with Crippen LogP contribution in [0, 0.1) is 11.8 Å². The van der Waals surface area contributed by atoms with E-state index in [2.05, 4.69) is 46.3 Å². The number of thiazole rings is 1. The van der Waals surface area contributed by atoms with Gasteiger partial charge in [0.1, 0.15) is 6.61 Å². The molecule has 1 aromatic carbocycles. The van der Waals surface area contributed by atoms with Crippen molar-refractivity contribution in [3.05, 3.63) is 46.2 Å². The van der Waals surface area contributed by atoms with Crippen LogP contribution >= 0.6 is 22.7 Å². The monoisotopic (exact) mass is 383 g/mol. The molecule has 2 N–H and O–H groups in total. The molecule has 3 aromatic rings. The molecule has 0 radical (unpaired) electrons. The highest BCUT2D eigenvalue weighted by Gasteiger charge is 2.22. The second kappa shape index (κ2) is 8.19. The molecular weight excluding hydrogens is 362 g/mol. The average molecular weight is 384 g/mol. The molecule has 3 heterocycles. The van der Waals surface area contributed by atoms with Crippen LogP contribution in [-0.4, -0.2) is 35.8 Å². The number of aliphatic hydroxyl groups is 1. The number of fused-ring (bicyclic) bond motifs is 1. The summed E-state index contributed by atoms with van der Waals surface area (Å²) in [4.78, 5) is 8.50. The molecular formula is C20H21N3OS2. The van der Waals surface area contributed by atoms with Crippen LogP contribution in [0.25, 0.3) is 10.2 Å². The molecule has 26 heavy (non-hydrogen) atoms. The summed E-state index contributed by atoms with van der Waals surface area (Å²) >= 11 is 3.50. The molecule has 1 aliphatic rings. The summed E-state index contributed by atoms with van der Waals surface area (Å²) in [5.74, 6) is 5.66. The fourth-order valence-corrected chi connectivity index (χ4v) is 5.01. The Labute approximate surface area is 161 Å². The number of hydrogen-bond donors (Lipinski definition) is 2. The van der Waals surface area contributed by atoms with Crippen molar-refractivity contribution in [3.8, 4) is 11.8 Å². The number of rotatable bonds is 4. The standard InChI is InChI=1S/C20H21N3OS2/c24-10-4-5-15-11-17(25-14-15)12-21-16-6-3-9-23(13-16)20-22-18-7-1-2-8-19(18)26-20/h1-2,7-8,11,14,16,21,24H,3,6,9-10,12-13H2. The van der Waals surface area contributed by atoms with Gasteiger partial charge >= 0.3 is 0 Å². The van der Waals surface area contributed by atoms with Gasteiger partial charge in [-0.2, -0.15) is 0 Å². The van der Waals surface area contributed by atoms with E-state index in [0.717, 1.165) is 35.8 Å². The van der Waals surface area contributed by atoms with Gasteiger partial charge in [0.25, 0.3) is 0 Å². The lowest BCUT2D eigenvalue weighted by atomic mass is 10.1. The first kappa shape index (κ1) is 17.5. The number of hydrogen-bond acceptors (Lipinski definition) is 6. The molecule has 1 fully saturated rings. The van der Waals surface area contributed by atoms with Crippen LogP contribution in [0.5, 0.6) is 0 Å². The maximum absolute atomic E-state index is 8.78. The second-order valence-corrected chi connectivity index (χ2v) is 8.40. The smallest absolute Gasteiger partial charge is 0.186 e. The van der Waals surface area contributed by atoms with Gasteiger partial charge in [-0.15, -0.1) is 11.3 Å². The predicted molar refractivity (Wildman–Crippen MR) is 110 cm³/mol. The third-order valence-electron chi connectivity index (χ3n) is 4.51. The van der Waals surface area contributed by atoms with Gasteiger partial charge in [-0.05, 0) is 31.0 Å². The van der Waals surface area contributed by atoms with Crippen LogP contribution < -0.4 is 10.2 Å². The van der Waals surface area contributed by atoms with Crippen LogP contribution in [-0.2, 0) is 6.54 Å². The Balaban J connectivity index is 1.37. The Bertz CT molecular complexity index is 904. The summed E-state index contributed by atoms with van der Waals surface area (Å²) in [7, 11) is 0. The van der Waals surface area contributed by atoms with Gasteiger partial charge in [-0.25, -0.2) is 4.98 Å². The Kier molecular flexibility index (Phi) is 5.51. The molecule has 4 nitrogen and oxygen atoms in total. The SMILES string of the molecule is OCC#Cc1csc(CNC2CCCN(c3nc4ccccc4s3)C2)c1. The minimum atomic E-state index is -0.0902. The van der Waals surface area contributed by atoms with Crippen molar-refractivity contribution < 1.29 is 5.11 Å². The Morgan fingerprint density at radius 1 is 1.35 bits per heavy atom. The third-order valence-corrected chi connectivity index (χ3v) is 6.54. The van der Waals surface area contributed by atoms with E-state index >= 15 is 0 Å². The largest absolute Gasteiger partial charge is 0.384 e. The summed E-state index contributed by atoms with van der Waals surface area (Å²) in [6.45, 7) is 2.86.